The first-order chi connectivity index (χ1) is 12.7. The molecule has 2 heteroatoms. The van der Waals surface area contributed by atoms with Crippen LogP contribution in [-0.4, -0.2) is 9.80 Å². The highest BCUT2D eigenvalue weighted by molar-refractivity contribution is 7.92. The van der Waals surface area contributed by atoms with Crippen LogP contribution in [0.1, 0.15) is 40.3 Å². The fraction of sp³-hybridized carbons (Fsp3) is 0.167. The molecule has 1 aliphatic carbocycles. The molecule has 126 valence electrons. The molecule has 0 radical (unpaired) electrons. The van der Waals surface area contributed by atoms with Gasteiger partial charge in [-0.3, -0.25) is 0 Å². The summed E-state index contributed by atoms with van der Waals surface area (Å²) in [6, 6.07) is 26.3. The fourth-order valence-corrected chi connectivity index (χ4v) is 6.88. The van der Waals surface area contributed by atoms with E-state index in [0.717, 1.165) is 0 Å². The monoisotopic (exact) mass is 354 g/mol. The topological polar surface area (TPSA) is 23.1 Å². The molecule has 4 aromatic carbocycles. The van der Waals surface area contributed by atoms with Crippen molar-refractivity contribution in [3.63, 3.8) is 0 Å². The van der Waals surface area contributed by atoms with Gasteiger partial charge in [-0.05, 0) is 75.0 Å². The van der Waals surface area contributed by atoms with E-state index in [-0.39, 0.29) is 16.4 Å². The molecule has 2 heterocycles. The molecule has 2 unspecified atom stereocenters. The van der Waals surface area contributed by atoms with Crippen LogP contribution in [0.25, 0.3) is 21.5 Å². The van der Waals surface area contributed by atoms with Gasteiger partial charge in [0.25, 0.3) is 0 Å². The summed E-state index contributed by atoms with van der Waals surface area (Å²) in [7, 11) is 0. The van der Waals surface area contributed by atoms with Crippen LogP contribution in [0.15, 0.2) is 72.8 Å². The molecule has 0 N–H and O–H groups in total. The Balaban J connectivity index is 1.71. The van der Waals surface area contributed by atoms with Crippen LogP contribution in [0.4, 0.5) is 0 Å². The molecular formula is C24H18OS. The molecule has 0 saturated heterocycles. The predicted molar refractivity (Wildman–Crippen MR) is 109 cm³/mol. The zero-order valence-electron chi connectivity index (χ0n) is 14.5. The quantitative estimate of drug-likeness (QED) is 0.373. The van der Waals surface area contributed by atoms with E-state index in [1.165, 1.54) is 43.8 Å². The average molecular weight is 354 g/mol. The molecular weight excluding hydrogens is 336 g/mol. The highest BCUT2D eigenvalue weighted by Crippen LogP contribution is 2.56. The van der Waals surface area contributed by atoms with Gasteiger partial charge in [-0.15, -0.1) is 0 Å². The third-order valence-corrected chi connectivity index (χ3v) is 8.18. The van der Waals surface area contributed by atoms with Gasteiger partial charge in [-0.1, -0.05) is 48.5 Å². The number of hydrogen-bond donors (Lipinski definition) is 0. The molecule has 7 rings (SSSR count). The lowest BCUT2D eigenvalue weighted by molar-refractivity contribution is 0.546. The Labute approximate surface area is 155 Å². The van der Waals surface area contributed by atoms with Gasteiger partial charge in [0.15, 0.2) is 5.25 Å². The van der Waals surface area contributed by atoms with Crippen molar-refractivity contribution in [3.8, 4) is 0 Å². The standard InChI is InChI=1S/C24H18OS/c1-14-23-19-10-15-6-2-4-8-17(15)12-21(19)24(26(14)25)22-13-18-9-5-3-7-16(18)11-20(22)23/h2-14,23-24H,1H3. The summed E-state index contributed by atoms with van der Waals surface area (Å²) in [6.07, 6.45) is 0. The van der Waals surface area contributed by atoms with E-state index >= 15 is 0 Å². The lowest BCUT2D eigenvalue weighted by Crippen LogP contribution is -2.42. The molecule has 0 amide bonds. The molecule has 2 bridgehead atoms. The Bertz CT molecular complexity index is 1020. The highest BCUT2D eigenvalue weighted by Gasteiger charge is 2.51. The third-order valence-electron chi connectivity index (χ3n) is 6.21. The lowest BCUT2D eigenvalue weighted by atomic mass is 9.74. The molecule has 2 atom stereocenters. The zero-order valence-corrected chi connectivity index (χ0v) is 15.3. The van der Waals surface area contributed by atoms with E-state index in [0.29, 0.717) is 0 Å². The maximum absolute atomic E-state index is 13.3. The van der Waals surface area contributed by atoms with Crippen molar-refractivity contribution in [3.05, 3.63) is 95.1 Å². The summed E-state index contributed by atoms with van der Waals surface area (Å²) in [4.78, 5) is 0. The number of benzene rings is 4. The Morgan fingerprint density at radius 1 is 0.654 bits per heavy atom. The maximum atomic E-state index is 13.3. The number of hydrogen-bond acceptors (Lipinski definition) is 1. The summed E-state index contributed by atoms with van der Waals surface area (Å²) in [5, 5.41) is 5.19. The SMILES string of the molecule is CC1C2c3cc4ccccc4cc3C(c3cc4ccccc4cc32)[S+]1[O-]. The Morgan fingerprint density at radius 2 is 1.04 bits per heavy atom. The van der Waals surface area contributed by atoms with E-state index in [9.17, 15) is 4.55 Å². The van der Waals surface area contributed by atoms with Gasteiger partial charge < -0.3 is 4.55 Å². The van der Waals surface area contributed by atoms with E-state index in [4.69, 9.17) is 0 Å². The normalized spacial score (nSPS) is 26.1. The molecule has 0 aromatic heterocycles. The molecule has 1 nitrogen and oxygen atoms in total. The van der Waals surface area contributed by atoms with Crippen LogP contribution < -0.4 is 0 Å². The van der Waals surface area contributed by atoms with E-state index in [1.807, 2.05) is 0 Å². The third kappa shape index (κ3) is 1.81. The van der Waals surface area contributed by atoms with E-state index < -0.39 is 11.2 Å². The molecule has 26 heavy (non-hydrogen) atoms. The first-order valence-corrected chi connectivity index (χ1v) is 10.4. The molecule has 2 aliphatic heterocycles. The summed E-state index contributed by atoms with van der Waals surface area (Å²) in [5.74, 6) is 0.222. The second kappa shape index (κ2) is 5.12. The van der Waals surface area contributed by atoms with Crippen molar-refractivity contribution >= 4 is 32.7 Å². The van der Waals surface area contributed by atoms with E-state index in [2.05, 4.69) is 79.7 Å². The summed E-state index contributed by atoms with van der Waals surface area (Å²) >= 11 is -0.882. The first-order valence-electron chi connectivity index (χ1n) is 9.17. The van der Waals surface area contributed by atoms with Crippen molar-refractivity contribution < 1.29 is 4.55 Å². The van der Waals surface area contributed by atoms with Gasteiger partial charge in [-0.2, -0.15) is 0 Å². The van der Waals surface area contributed by atoms with Crippen LogP contribution in [0, 0.1) is 0 Å². The van der Waals surface area contributed by atoms with Crippen LogP contribution in [0.5, 0.6) is 0 Å². The van der Waals surface area contributed by atoms with Crippen LogP contribution in [-0.2, 0) is 11.2 Å². The van der Waals surface area contributed by atoms with Crippen molar-refractivity contribution in [1.29, 1.82) is 0 Å². The largest absolute Gasteiger partial charge is 0.615 e. The number of rotatable bonds is 0. The predicted octanol–water partition coefficient (Wildman–Crippen LogP) is 5.68. The number of fused-ring (bicyclic) bond motifs is 3. The zero-order chi connectivity index (χ0) is 17.4. The van der Waals surface area contributed by atoms with E-state index in [1.54, 1.807) is 0 Å². The minimum absolute atomic E-state index is 0.00536. The maximum Gasteiger partial charge on any atom is 0.166 e. The van der Waals surface area contributed by atoms with Crippen molar-refractivity contribution in [1.82, 2.24) is 0 Å². The molecule has 0 saturated carbocycles. The van der Waals surface area contributed by atoms with Gasteiger partial charge in [0, 0.05) is 11.1 Å². The minimum Gasteiger partial charge on any atom is -0.615 e. The van der Waals surface area contributed by atoms with Gasteiger partial charge in [0.2, 0.25) is 0 Å². The Kier molecular flexibility index (Phi) is 2.92. The summed E-state index contributed by atoms with van der Waals surface area (Å²) in [5.41, 5.74) is 5.30. The molecule has 3 aliphatic rings. The van der Waals surface area contributed by atoms with Gasteiger partial charge in [0.05, 0.1) is 5.92 Å². The molecule has 4 aromatic rings. The summed E-state index contributed by atoms with van der Waals surface area (Å²) < 4.78 is 13.3. The average Bonchev–Trinajstić information content (AvgIpc) is 2.67. The minimum atomic E-state index is -0.882. The van der Waals surface area contributed by atoms with Gasteiger partial charge in [0.1, 0.15) is 5.25 Å². The van der Waals surface area contributed by atoms with Crippen molar-refractivity contribution in [2.75, 3.05) is 0 Å². The Morgan fingerprint density at radius 3 is 1.46 bits per heavy atom. The van der Waals surface area contributed by atoms with Crippen molar-refractivity contribution in [2.24, 2.45) is 0 Å². The lowest BCUT2D eigenvalue weighted by Gasteiger charge is -2.45. The molecule has 0 spiro atoms. The smallest absolute Gasteiger partial charge is 0.166 e. The fourth-order valence-electron chi connectivity index (χ4n) is 4.98. The summed E-state index contributed by atoms with van der Waals surface area (Å²) in [6.45, 7) is 2.16. The van der Waals surface area contributed by atoms with Crippen LogP contribution in [0.3, 0.4) is 0 Å². The second-order valence-electron chi connectivity index (χ2n) is 7.55. The Hall–Kier alpha value is -2.29. The van der Waals surface area contributed by atoms with Crippen LogP contribution in [0.2, 0.25) is 0 Å². The second-order valence-corrected chi connectivity index (χ2v) is 9.42. The van der Waals surface area contributed by atoms with Gasteiger partial charge >= 0.3 is 0 Å². The highest BCUT2D eigenvalue weighted by atomic mass is 32.2. The van der Waals surface area contributed by atoms with Gasteiger partial charge in [-0.25, -0.2) is 0 Å². The van der Waals surface area contributed by atoms with Crippen molar-refractivity contribution in [2.45, 2.75) is 23.3 Å². The molecule has 0 fully saturated rings. The van der Waals surface area contributed by atoms with Crippen LogP contribution >= 0.6 is 0 Å². The first kappa shape index (κ1) is 14.8.